The Hall–Kier alpha value is -2.11. The summed E-state index contributed by atoms with van der Waals surface area (Å²) in [4.78, 5) is 0. The lowest BCUT2D eigenvalue weighted by Gasteiger charge is -2.22. The maximum absolute atomic E-state index is 10.0. The fourth-order valence-electron chi connectivity index (χ4n) is 2.58. The van der Waals surface area contributed by atoms with Crippen LogP contribution in [0.4, 0.5) is 0 Å². The number of hydrogen-bond acceptors (Lipinski definition) is 3. The average molecular weight is 332 g/mol. The Balaban J connectivity index is 2.01. The fraction of sp³-hybridized carbons (Fsp3) is 0.125. The summed E-state index contributed by atoms with van der Waals surface area (Å²) in [7, 11) is 0. The van der Waals surface area contributed by atoms with Gasteiger partial charge < -0.3 is 10.8 Å². The number of nitrogens with two attached hydrogens (primary N) is 1. The summed E-state index contributed by atoms with van der Waals surface area (Å²) in [6, 6.07) is 14.5. The molecule has 22 heavy (non-hydrogen) atoms. The first-order valence-corrected chi connectivity index (χ1v) is 7.55. The van der Waals surface area contributed by atoms with Crippen molar-refractivity contribution in [3.63, 3.8) is 0 Å². The van der Waals surface area contributed by atoms with Gasteiger partial charge in [-0.2, -0.15) is 5.10 Å². The van der Waals surface area contributed by atoms with Crippen molar-refractivity contribution in [3.8, 4) is 5.75 Å². The predicted octanol–water partition coefficient (Wildman–Crippen LogP) is 3.44. The highest BCUT2D eigenvalue weighted by Gasteiger charge is 2.32. The molecule has 1 unspecified atom stereocenters. The summed E-state index contributed by atoms with van der Waals surface area (Å²) in [5.74, 6) is 0.184. The molecule has 0 radical (unpaired) electrons. The van der Waals surface area contributed by atoms with Gasteiger partial charge in [0.05, 0.1) is 11.8 Å². The molecule has 4 nitrogen and oxygen atoms in total. The number of para-hydroxylation sites is 1. The topological polar surface area (TPSA) is 61.8 Å². The summed E-state index contributed by atoms with van der Waals surface area (Å²) in [6.07, 6.45) is 0.568. The summed E-state index contributed by atoms with van der Waals surface area (Å²) in [5, 5.41) is 16.9. The molecular weight excluding hydrogens is 318 g/mol. The van der Waals surface area contributed by atoms with E-state index >= 15 is 0 Å². The van der Waals surface area contributed by atoms with Gasteiger partial charge in [-0.1, -0.05) is 41.9 Å². The smallest absolute Gasteiger partial charge is 0.187 e. The Kier molecular flexibility index (Phi) is 4.00. The van der Waals surface area contributed by atoms with Crippen LogP contribution in [0.25, 0.3) is 0 Å². The van der Waals surface area contributed by atoms with Gasteiger partial charge in [-0.15, -0.1) is 0 Å². The number of phenols is 1. The van der Waals surface area contributed by atoms with Gasteiger partial charge in [0.1, 0.15) is 5.75 Å². The molecule has 2 aromatic carbocycles. The van der Waals surface area contributed by atoms with Crippen molar-refractivity contribution in [3.05, 3.63) is 64.7 Å². The van der Waals surface area contributed by atoms with Crippen LogP contribution in [0.15, 0.2) is 53.6 Å². The van der Waals surface area contributed by atoms with Crippen LogP contribution in [0.1, 0.15) is 23.6 Å². The summed E-state index contributed by atoms with van der Waals surface area (Å²) >= 11 is 11.4. The number of hydrogen-bond donors (Lipinski definition) is 2. The number of rotatable bonds is 2. The van der Waals surface area contributed by atoms with Crippen LogP contribution in [0.3, 0.4) is 0 Å². The van der Waals surface area contributed by atoms with Gasteiger partial charge in [0, 0.05) is 17.0 Å². The van der Waals surface area contributed by atoms with Gasteiger partial charge in [-0.05, 0) is 36.0 Å². The minimum absolute atomic E-state index is 0.166. The van der Waals surface area contributed by atoms with E-state index < -0.39 is 0 Å². The fourth-order valence-corrected chi connectivity index (χ4v) is 3.01. The monoisotopic (exact) mass is 331 g/mol. The van der Waals surface area contributed by atoms with Crippen LogP contribution in [0.2, 0.25) is 5.02 Å². The first kappa shape index (κ1) is 14.8. The number of benzene rings is 2. The van der Waals surface area contributed by atoms with Gasteiger partial charge in [0.25, 0.3) is 0 Å². The molecule has 0 bridgehead atoms. The molecule has 0 fully saturated rings. The zero-order chi connectivity index (χ0) is 15.7. The second-order valence-electron chi connectivity index (χ2n) is 4.99. The molecule has 1 aliphatic rings. The molecule has 0 aromatic heterocycles. The Morgan fingerprint density at radius 3 is 2.59 bits per heavy atom. The molecule has 0 saturated carbocycles. The zero-order valence-corrected chi connectivity index (χ0v) is 13.2. The molecule has 3 rings (SSSR count). The van der Waals surface area contributed by atoms with E-state index in [0.29, 0.717) is 17.0 Å². The molecule has 3 N–H and O–H groups in total. The number of thiocarbonyl (C=S) groups is 1. The number of aromatic hydroxyl groups is 1. The third-order valence-corrected chi connectivity index (χ3v) is 4.15. The minimum Gasteiger partial charge on any atom is -0.507 e. The van der Waals surface area contributed by atoms with Crippen molar-refractivity contribution in [2.24, 2.45) is 10.8 Å². The van der Waals surface area contributed by atoms with Gasteiger partial charge in [-0.25, -0.2) is 5.01 Å². The average Bonchev–Trinajstić information content (AvgIpc) is 2.93. The normalized spacial score (nSPS) is 17.4. The van der Waals surface area contributed by atoms with Gasteiger partial charge in [0.15, 0.2) is 5.11 Å². The number of halogens is 1. The predicted molar refractivity (Wildman–Crippen MR) is 92.1 cm³/mol. The largest absolute Gasteiger partial charge is 0.507 e. The van der Waals surface area contributed by atoms with E-state index in [9.17, 15) is 5.11 Å². The molecule has 112 valence electrons. The summed E-state index contributed by atoms with van der Waals surface area (Å²) in [5.41, 5.74) is 8.12. The number of phenolic OH excluding ortho intramolecular Hbond substituents is 1. The highest BCUT2D eigenvalue weighted by Crippen LogP contribution is 2.37. The third kappa shape index (κ3) is 2.65. The Morgan fingerprint density at radius 1 is 1.23 bits per heavy atom. The van der Waals surface area contributed by atoms with E-state index in [-0.39, 0.29) is 16.9 Å². The third-order valence-electron chi connectivity index (χ3n) is 3.62. The van der Waals surface area contributed by atoms with Crippen molar-refractivity contribution >= 4 is 34.6 Å². The number of hydrazone groups is 1. The zero-order valence-electron chi connectivity index (χ0n) is 11.6. The van der Waals surface area contributed by atoms with E-state index in [1.807, 2.05) is 36.4 Å². The summed E-state index contributed by atoms with van der Waals surface area (Å²) in [6.45, 7) is 0. The van der Waals surface area contributed by atoms with E-state index in [1.54, 1.807) is 17.1 Å². The maximum Gasteiger partial charge on any atom is 0.187 e. The second-order valence-corrected chi connectivity index (χ2v) is 5.81. The van der Waals surface area contributed by atoms with Crippen LogP contribution in [0.5, 0.6) is 5.75 Å². The molecule has 1 heterocycles. The molecule has 0 spiro atoms. The van der Waals surface area contributed by atoms with E-state index in [2.05, 4.69) is 5.10 Å². The Labute approximate surface area is 138 Å². The lowest BCUT2D eigenvalue weighted by atomic mass is 9.98. The first-order chi connectivity index (χ1) is 10.6. The highest BCUT2D eigenvalue weighted by molar-refractivity contribution is 7.80. The van der Waals surface area contributed by atoms with Gasteiger partial charge >= 0.3 is 0 Å². The van der Waals surface area contributed by atoms with Crippen molar-refractivity contribution in [1.82, 2.24) is 5.01 Å². The Morgan fingerprint density at radius 2 is 1.91 bits per heavy atom. The second kappa shape index (κ2) is 5.94. The van der Waals surface area contributed by atoms with Crippen LogP contribution in [0, 0.1) is 0 Å². The molecule has 1 atom stereocenters. The van der Waals surface area contributed by atoms with E-state index in [0.717, 1.165) is 11.3 Å². The van der Waals surface area contributed by atoms with E-state index in [4.69, 9.17) is 29.6 Å². The molecule has 6 heteroatoms. The van der Waals surface area contributed by atoms with Gasteiger partial charge in [0.2, 0.25) is 0 Å². The number of nitrogens with zero attached hydrogens (tertiary/aromatic N) is 2. The molecule has 0 amide bonds. The van der Waals surface area contributed by atoms with Crippen LogP contribution >= 0.6 is 23.8 Å². The molecule has 1 aliphatic heterocycles. The lowest BCUT2D eigenvalue weighted by Crippen LogP contribution is -2.31. The lowest BCUT2D eigenvalue weighted by molar-refractivity contribution is 0.373. The van der Waals surface area contributed by atoms with Crippen molar-refractivity contribution in [2.75, 3.05) is 0 Å². The van der Waals surface area contributed by atoms with Crippen LogP contribution < -0.4 is 5.73 Å². The SMILES string of the molecule is NC(=S)N1N=C(c2ccccc2O)CC1c1ccccc1Cl. The van der Waals surface area contributed by atoms with Crippen molar-refractivity contribution in [1.29, 1.82) is 0 Å². The summed E-state index contributed by atoms with van der Waals surface area (Å²) < 4.78 is 0. The maximum atomic E-state index is 10.0. The highest BCUT2D eigenvalue weighted by atomic mass is 35.5. The minimum atomic E-state index is -0.166. The molecule has 0 saturated heterocycles. The molecule has 0 aliphatic carbocycles. The standard InChI is InChI=1S/C16H14ClN3OS/c17-12-7-3-1-5-10(12)14-9-13(19-20(14)16(18)22)11-6-2-4-8-15(11)21/h1-8,14,21H,9H2,(H2,18,22). The molecule has 2 aromatic rings. The van der Waals surface area contributed by atoms with Crippen molar-refractivity contribution in [2.45, 2.75) is 12.5 Å². The molecular formula is C16H14ClN3OS. The van der Waals surface area contributed by atoms with Crippen LogP contribution in [-0.2, 0) is 0 Å². The first-order valence-electron chi connectivity index (χ1n) is 6.77. The Bertz CT molecular complexity index is 763. The van der Waals surface area contributed by atoms with Crippen LogP contribution in [-0.4, -0.2) is 20.9 Å². The van der Waals surface area contributed by atoms with E-state index in [1.165, 1.54) is 0 Å². The van der Waals surface area contributed by atoms with Gasteiger partial charge in [-0.3, -0.25) is 0 Å². The quantitative estimate of drug-likeness (QED) is 0.827. The van der Waals surface area contributed by atoms with Crippen molar-refractivity contribution < 1.29 is 5.11 Å².